The smallest absolute Gasteiger partial charge is 0.278 e. The minimum Gasteiger partial charge on any atom is -0.496 e. The quantitative estimate of drug-likeness (QED) is 0.691. The first kappa shape index (κ1) is 18.6. The van der Waals surface area contributed by atoms with Crippen LogP contribution in [0.2, 0.25) is 5.02 Å². The number of benzene rings is 1. The van der Waals surface area contributed by atoms with Gasteiger partial charge in [-0.3, -0.25) is 9.48 Å². The second-order valence-electron chi connectivity index (χ2n) is 7.00. The molecule has 4 rings (SSSR count). The number of ether oxygens (including phenoxy) is 1. The predicted octanol–water partition coefficient (Wildman–Crippen LogP) is 4.27. The van der Waals surface area contributed by atoms with Gasteiger partial charge in [-0.2, -0.15) is 5.10 Å². The summed E-state index contributed by atoms with van der Waals surface area (Å²) in [5.41, 5.74) is 2.78. The number of halogens is 1. The molecule has 146 valence electrons. The Morgan fingerprint density at radius 2 is 2.32 bits per heavy atom. The summed E-state index contributed by atoms with van der Waals surface area (Å²) >= 11 is 6.08. The second-order valence-corrected chi connectivity index (χ2v) is 7.44. The molecule has 7 nitrogen and oxygen atoms in total. The van der Waals surface area contributed by atoms with Crippen LogP contribution in [0.25, 0.3) is 0 Å². The van der Waals surface area contributed by atoms with E-state index in [-0.39, 0.29) is 5.91 Å². The Morgan fingerprint density at radius 3 is 3.14 bits per heavy atom. The number of anilines is 1. The van der Waals surface area contributed by atoms with Gasteiger partial charge in [0.1, 0.15) is 11.5 Å². The zero-order chi connectivity index (χ0) is 19.7. The minimum atomic E-state index is -0.279. The number of aromatic nitrogens is 3. The molecule has 0 fully saturated rings. The maximum Gasteiger partial charge on any atom is 0.278 e. The van der Waals surface area contributed by atoms with E-state index in [1.54, 1.807) is 30.3 Å². The Balaban J connectivity index is 1.48. The fraction of sp³-hybridized carbons (Fsp3) is 0.350. The zero-order valence-corrected chi connectivity index (χ0v) is 16.5. The average molecular weight is 401 g/mol. The van der Waals surface area contributed by atoms with Gasteiger partial charge in [0.05, 0.1) is 25.5 Å². The summed E-state index contributed by atoms with van der Waals surface area (Å²) in [6.07, 6.45) is 6.27. The van der Waals surface area contributed by atoms with Gasteiger partial charge in [0.2, 0.25) is 0 Å². The van der Waals surface area contributed by atoms with Gasteiger partial charge in [-0.05, 0) is 37.5 Å². The van der Waals surface area contributed by atoms with E-state index in [0.29, 0.717) is 28.9 Å². The van der Waals surface area contributed by atoms with Crippen LogP contribution in [-0.2, 0) is 13.0 Å². The van der Waals surface area contributed by atoms with E-state index in [9.17, 15) is 4.79 Å². The lowest BCUT2D eigenvalue weighted by Crippen LogP contribution is -2.16. The van der Waals surface area contributed by atoms with Crippen molar-refractivity contribution in [2.75, 3.05) is 12.4 Å². The third kappa shape index (κ3) is 3.62. The first-order chi connectivity index (χ1) is 13.5. The molecule has 0 radical (unpaired) electrons. The highest BCUT2D eigenvalue weighted by atomic mass is 35.5. The first-order valence-corrected chi connectivity index (χ1v) is 9.57. The molecule has 1 aliphatic rings. The SMILES string of the molecule is COc1ccc(Cl)cc1Cn1cc(NC(=O)c2noc3c2CCCC3C)cn1. The summed E-state index contributed by atoms with van der Waals surface area (Å²) in [5, 5.41) is 11.8. The highest BCUT2D eigenvalue weighted by molar-refractivity contribution is 6.30. The molecule has 1 amide bonds. The van der Waals surface area contributed by atoms with E-state index < -0.39 is 0 Å². The van der Waals surface area contributed by atoms with E-state index in [1.807, 2.05) is 12.1 Å². The Hall–Kier alpha value is -2.80. The van der Waals surface area contributed by atoms with Crippen molar-refractivity contribution in [2.45, 2.75) is 38.6 Å². The van der Waals surface area contributed by atoms with Gasteiger partial charge < -0.3 is 14.6 Å². The third-order valence-corrected chi connectivity index (χ3v) is 5.25. The van der Waals surface area contributed by atoms with E-state index in [2.05, 4.69) is 22.5 Å². The number of hydrogen-bond acceptors (Lipinski definition) is 5. The topological polar surface area (TPSA) is 82.2 Å². The summed E-state index contributed by atoms with van der Waals surface area (Å²) in [5.74, 6) is 1.58. The lowest BCUT2D eigenvalue weighted by molar-refractivity contribution is 0.101. The lowest BCUT2D eigenvalue weighted by atomic mass is 9.88. The van der Waals surface area contributed by atoms with E-state index in [0.717, 1.165) is 41.9 Å². The number of carbonyl (C=O) groups is 1. The van der Waals surface area contributed by atoms with Crippen molar-refractivity contribution in [3.05, 3.63) is 58.2 Å². The number of fused-ring (bicyclic) bond motifs is 1. The lowest BCUT2D eigenvalue weighted by Gasteiger charge is -2.15. The van der Waals surface area contributed by atoms with Crippen LogP contribution in [-0.4, -0.2) is 28.0 Å². The Labute approximate surface area is 167 Å². The van der Waals surface area contributed by atoms with Gasteiger partial charge in [-0.1, -0.05) is 23.7 Å². The normalized spacial score (nSPS) is 15.9. The molecule has 3 aromatic rings. The van der Waals surface area contributed by atoms with Gasteiger partial charge in [0.25, 0.3) is 5.91 Å². The van der Waals surface area contributed by atoms with Crippen molar-refractivity contribution in [3.63, 3.8) is 0 Å². The molecule has 0 aliphatic heterocycles. The molecule has 1 N–H and O–H groups in total. The molecule has 28 heavy (non-hydrogen) atoms. The minimum absolute atomic E-state index is 0.279. The van der Waals surface area contributed by atoms with Crippen molar-refractivity contribution in [1.29, 1.82) is 0 Å². The Kier molecular flexibility index (Phi) is 5.09. The molecule has 0 bridgehead atoms. The van der Waals surface area contributed by atoms with Crippen molar-refractivity contribution in [2.24, 2.45) is 0 Å². The Morgan fingerprint density at radius 1 is 1.46 bits per heavy atom. The van der Waals surface area contributed by atoms with Gasteiger partial charge in [0, 0.05) is 28.3 Å². The fourth-order valence-electron chi connectivity index (χ4n) is 3.60. The highest BCUT2D eigenvalue weighted by Crippen LogP contribution is 2.33. The van der Waals surface area contributed by atoms with Crippen LogP contribution in [0.4, 0.5) is 5.69 Å². The van der Waals surface area contributed by atoms with Gasteiger partial charge in [-0.15, -0.1) is 0 Å². The molecule has 1 unspecified atom stereocenters. The van der Waals surface area contributed by atoms with Crippen molar-refractivity contribution >= 4 is 23.2 Å². The summed E-state index contributed by atoms with van der Waals surface area (Å²) in [7, 11) is 1.61. The van der Waals surface area contributed by atoms with Crippen LogP contribution >= 0.6 is 11.6 Å². The standard InChI is InChI=1S/C20H21ClN4O3/c1-12-4-3-5-16-18(24-28-19(12)16)20(26)23-15-9-22-25(11-15)10-13-8-14(21)6-7-17(13)27-2/h6-9,11-12H,3-5,10H2,1-2H3,(H,23,26). The first-order valence-electron chi connectivity index (χ1n) is 9.20. The molecule has 8 heteroatoms. The summed E-state index contributed by atoms with van der Waals surface area (Å²) in [6.45, 7) is 2.56. The van der Waals surface area contributed by atoms with Crippen LogP contribution < -0.4 is 10.1 Å². The second kappa shape index (κ2) is 7.67. The maximum absolute atomic E-state index is 12.7. The fourth-order valence-corrected chi connectivity index (χ4v) is 3.79. The van der Waals surface area contributed by atoms with Gasteiger partial charge in [0.15, 0.2) is 5.69 Å². The largest absolute Gasteiger partial charge is 0.496 e. The van der Waals surface area contributed by atoms with E-state index in [4.69, 9.17) is 20.9 Å². The molecule has 1 aromatic carbocycles. The van der Waals surface area contributed by atoms with E-state index >= 15 is 0 Å². The maximum atomic E-state index is 12.7. The van der Waals surface area contributed by atoms with Gasteiger partial charge in [-0.25, -0.2) is 0 Å². The van der Waals surface area contributed by atoms with Gasteiger partial charge >= 0.3 is 0 Å². The zero-order valence-electron chi connectivity index (χ0n) is 15.7. The third-order valence-electron chi connectivity index (χ3n) is 5.01. The number of amides is 1. The molecule has 0 saturated carbocycles. The van der Waals surface area contributed by atoms with Crippen LogP contribution in [0.15, 0.2) is 35.1 Å². The molecule has 2 heterocycles. The monoisotopic (exact) mass is 400 g/mol. The molecular weight excluding hydrogens is 380 g/mol. The van der Waals surface area contributed by atoms with Crippen LogP contribution in [0.1, 0.15) is 53.1 Å². The molecule has 1 atom stereocenters. The van der Waals surface area contributed by atoms with Crippen molar-refractivity contribution in [3.8, 4) is 5.75 Å². The summed E-state index contributed by atoms with van der Waals surface area (Å²) < 4.78 is 12.5. The number of rotatable bonds is 5. The number of hydrogen-bond donors (Lipinski definition) is 1. The molecule has 1 aliphatic carbocycles. The number of methoxy groups -OCH3 is 1. The highest BCUT2D eigenvalue weighted by Gasteiger charge is 2.28. The molecule has 2 aromatic heterocycles. The molecule has 0 spiro atoms. The van der Waals surface area contributed by atoms with Crippen LogP contribution in [0, 0.1) is 0 Å². The van der Waals surface area contributed by atoms with E-state index in [1.165, 1.54) is 0 Å². The average Bonchev–Trinajstić information content (AvgIpc) is 3.29. The molecular formula is C20H21ClN4O3. The predicted molar refractivity (Wildman–Crippen MR) is 105 cm³/mol. The van der Waals surface area contributed by atoms with Crippen molar-refractivity contribution in [1.82, 2.24) is 14.9 Å². The number of nitrogens with one attached hydrogen (secondary N) is 1. The molecule has 0 saturated heterocycles. The summed E-state index contributed by atoms with van der Waals surface area (Å²) in [6, 6.07) is 5.43. The van der Waals surface area contributed by atoms with Crippen LogP contribution in [0.5, 0.6) is 5.75 Å². The number of nitrogens with zero attached hydrogens (tertiary/aromatic N) is 3. The van der Waals surface area contributed by atoms with Crippen molar-refractivity contribution < 1.29 is 14.1 Å². The summed E-state index contributed by atoms with van der Waals surface area (Å²) in [4.78, 5) is 12.7. The Bertz CT molecular complexity index is 1010. The van der Waals surface area contributed by atoms with Crippen LogP contribution in [0.3, 0.4) is 0 Å². The number of carbonyl (C=O) groups excluding carboxylic acids is 1.